The van der Waals surface area contributed by atoms with E-state index < -0.39 is 123 Å². The summed E-state index contributed by atoms with van der Waals surface area (Å²) in [6.45, 7) is -0.272. The first-order valence-electron chi connectivity index (χ1n) is 31.8. The van der Waals surface area contributed by atoms with Gasteiger partial charge in [0.15, 0.2) is 18.9 Å². The number of rotatable bonds is 56. The molecule has 3 aliphatic rings. The highest BCUT2D eigenvalue weighted by atomic mass is 16.7. The minimum Gasteiger partial charge on any atom is -0.394 e. The van der Waals surface area contributed by atoms with Crippen LogP contribution in [0.4, 0.5) is 0 Å². The molecular formula is C59H104N4O32. The van der Waals surface area contributed by atoms with Gasteiger partial charge >= 0.3 is 0 Å². The number of terminal acetylenes is 1. The summed E-state index contributed by atoms with van der Waals surface area (Å²) in [6.07, 6.45) is -14.5. The second-order valence-corrected chi connectivity index (χ2v) is 22.3. The molecule has 3 aliphatic heterocycles. The number of carbonyl (C=O) groups is 5. The van der Waals surface area contributed by atoms with E-state index in [0.717, 1.165) is 0 Å². The molecule has 552 valence electrons. The minimum atomic E-state index is -1.57. The van der Waals surface area contributed by atoms with Crippen LogP contribution in [0.5, 0.6) is 0 Å². The molecule has 3 rings (SSSR count). The van der Waals surface area contributed by atoms with Gasteiger partial charge in [0, 0.05) is 63.7 Å². The van der Waals surface area contributed by atoms with Crippen LogP contribution in [0.25, 0.3) is 0 Å². The van der Waals surface area contributed by atoms with Gasteiger partial charge < -0.3 is 154 Å². The number of ether oxygens (including phenoxy) is 15. The van der Waals surface area contributed by atoms with Crippen LogP contribution in [0.2, 0.25) is 0 Å². The second kappa shape index (κ2) is 51.2. The van der Waals surface area contributed by atoms with Crippen molar-refractivity contribution in [2.75, 3.05) is 185 Å². The molecule has 0 spiro atoms. The molecule has 6 unspecified atom stereocenters. The van der Waals surface area contributed by atoms with Gasteiger partial charge in [0.1, 0.15) is 79.0 Å². The summed E-state index contributed by atoms with van der Waals surface area (Å²) in [4.78, 5) is 63.7. The van der Waals surface area contributed by atoms with Gasteiger partial charge in [0.05, 0.1) is 159 Å². The van der Waals surface area contributed by atoms with Crippen molar-refractivity contribution in [1.29, 1.82) is 0 Å². The van der Waals surface area contributed by atoms with Crippen LogP contribution in [0.15, 0.2) is 0 Å². The largest absolute Gasteiger partial charge is 0.394 e. The maximum absolute atomic E-state index is 13.7. The van der Waals surface area contributed by atoms with Crippen molar-refractivity contribution in [2.24, 2.45) is 5.41 Å². The van der Waals surface area contributed by atoms with Crippen molar-refractivity contribution in [2.45, 2.75) is 143 Å². The predicted octanol–water partition coefficient (Wildman–Crippen LogP) is -8.64. The number of unbranched alkanes of at least 4 members (excludes halogenated alkanes) is 2. The number of nitrogens with one attached hydrogen (secondary N) is 4. The highest BCUT2D eigenvalue weighted by Gasteiger charge is 2.46. The Morgan fingerprint density at radius 3 is 0.989 bits per heavy atom. The van der Waals surface area contributed by atoms with E-state index in [-0.39, 0.29) is 214 Å². The van der Waals surface area contributed by atoms with Gasteiger partial charge in [-0.25, -0.2) is 0 Å². The maximum Gasteiger partial charge on any atom is 0.295 e. The molecule has 0 aromatic carbocycles. The van der Waals surface area contributed by atoms with Gasteiger partial charge in [-0.2, -0.15) is 0 Å². The van der Waals surface area contributed by atoms with E-state index in [1.807, 2.05) is 5.92 Å². The fraction of sp³-hybridized carbons (Fsp3) is 0.881. The van der Waals surface area contributed by atoms with E-state index in [1.54, 1.807) is 0 Å². The summed E-state index contributed by atoms with van der Waals surface area (Å²) < 4.78 is 83.0. The molecule has 15 atom stereocenters. The van der Waals surface area contributed by atoms with E-state index in [0.29, 0.717) is 25.8 Å². The monoisotopic (exact) mass is 1380 g/mol. The number of aliphatic hydroxyl groups is 12. The Labute approximate surface area is 551 Å². The molecule has 16 N–H and O–H groups in total. The Balaban J connectivity index is 1.47. The first-order valence-corrected chi connectivity index (χ1v) is 31.8. The Morgan fingerprint density at radius 2 is 0.674 bits per heavy atom. The minimum absolute atomic E-state index is 0.0427. The first-order chi connectivity index (χ1) is 45.8. The molecule has 0 radical (unpaired) electrons. The number of hydrogen-bond donors (Lipinski definition) is 16. The highest BCUT2D eigenvalue weighted by molar-refractivity contribution is 5.92. The Kier molecular flexibility index (Phi) is 46.0. The second-order valence-electron chi connectivity index (χ2n) is 22.3. The molecule has 4 amide bonds. The van der Waals surface area contributed by atoms with Crippen LogP contribution < -0.4 is 21.3 Å². The third-order valence-corrected chi connectivity index (χ3v) is 14.7. The van der Waals surface area contributed by atoms with Crippen molar-refractivity contribution in [3.8, 4) is 12.3 Å². The van der Waals surface area contributed by atoms with Gasteiger partial charge in [-0.15, -0.1) is 6.42 Å². The van der Waals surface area contributed by atoms with Crippen molar-refractivity contribution < 1.29 is 156 Å². The first kappa shape index (κ1) is 85.3. The van der Waals surface area contributed by atoms with E-state index in [9.17, 15) is 85.3 Å². The van der Waals surface area contributed by atoms with Crippen molar-refractivity contribution in [3.63, 3.8) is 0 Å². The topological polar surface area (TPSA) is 515 Å². The molecular weight excluding hydrogens is 1280 g/mol. The molecule has 0 aliphatic carbocycles. The average molecular weight is 1380 g/mol. The highest BCUT2D eigenvalue weighted by Crippen LogP contribution is 2.28. The van der Waals surface area contributed by atoms with Crippen molar-refractivity contribution in [3.05, 3.63) is 0 Å². The molecule has 0 saturated carbocycles. The summed E-state index contributed by atoms with van der Waals surface area (Å²) in [6, 6.07) is 0. The smallest absolute Gasteiger partial charge is 0.295 e. The lowest BCUT2D eigenvalue weighted by atomic mass is 9.84. The molecule has 0 aromatic heterocycles. The predicted molar refractivity (Wildman–Crippen MR) is 322 cm³/mol. The lowest BCUT2D eigenvalue weighted by molar-refractivity contribution is -0.302. The van der Waals surface area contributed by atoms with Crippen LogP contribution in [-0.2, 0) is 95.0 Å². The van der Waals surface area contributed by atoms with Crippen LogP contribution in [0, 0.1) is 17.8 Å². The van der Waals surface area contributed by atoms with E-state index in [4.69, 9.17) is 77.5 Å². The third-order valence-electron chi connectivity index (χ3n) is 14.7. The number of amides is 4. The van der Waals surface area contributed by atoms with Gasteiger partial charge in [0.2, 0.25) is 17.7 Å². The average Bonchev–Trinajstić information content (AvgIpc) is 0.859. The zero-order chi connectivity index (χ0) is 69.6. The molecule has 0 aromatic rings. The fourth-order valence-electron chi connectivity index (χ4n) is 9.33. The van der Waals surface area contributed by atoms with Crippen molar-refractivity contribution >= 4 is 29.4 Å². The van der Waals surface area contributed by atoms with Crippen molar-refractivity contribution in [1.82, 2.24) is 21.3 Å². The zero-order valence-electron chi connectivity index (χ0n) is 53.7. The molecule has 0 bridgehead atoms. The summed E-state index contributed by atoms with van der Waals surface area (Å²) >= 11 is 0. The summed E-state index contributed by atoms with van der Waals surface area (Å²) in [5.74, 6) is 0.154. The number of hydrogen-bond acceptors (Lipinski definition) is 32. The number of carbonyl (C=O) groups excluding carboxylic acids is 5. The maximum atomic E-state index is 13.7. The SMILES string of the molecule is C#CC(=O)NCCCCCC(=O)CC(COCCC(=O)NCCOCCOCCO[C@@H]1OC(CO)[C@H](O)[C@H](O)C1O)(COCCC(=O)NCCOCCOCCO[C@@H]1OC(CO)[C@H](O)[C@H](O)C1O)COCCC(=O)NCCOCCOCCO[C@@H]1OC(CO)[C@H](O)[C@H](O)C1O. The van der Waals surface area contributed by atoms with Gasteiger partial charge in [-0.05, 0) is 18.8 Å². The van der Waals surface area contributed by atoms with E-state index >= 15 is 0 Å². The molecule has 36 heteroatoms. The standard InChI is InChI=1S/C59H104N4O32/c1-2-43(68)60-10-5-3-4-6-39(67)32-59(36-87-14-7-44(69)61-11-17-81-20-23-84-26-29-90-56-53(78)50(75)47(72)40(33-64)93-56,37-88-15-8-45(70)62-12-18-82-21-24-85-27-30-91-57-54(79)51(76)48(73)41(34-65)94-57)38-89-16-9-46(71)63-13-19-83-22-25-86-28-31-92-58-55(80)52(77)49(74)42(35-66)95-58/h1,40-42,47-58,64-66,72-80H,3-38H2,(H,60,68)(H,61,69)(H,62,70)(H,63,71)/t40?,41?,42?,47-,48-,49-,50-,51-,52-,53?,54?,55?,56+,57+,58+,59?/m0/s1. The molecule has 95 heavy (non-hydrogen) atoms. The Morgan fingerprint density at radius 1 is 0.358 bits per heavy atom. The van der Waals surface area contributed by atoms with E-state index in [2.05, 4.69) is 21.3 Å². The summed E-state index contributed by atoms with van der Waals surface area (Å²) in [5, 5.41) is 129. The lowest BCUT2D eigenvalue weighted by Gasteiger charge is -2.39. The van der Waals surface area contributed by atoms with Crippen LogP contribution in [0.1, 0.15) is 51.4 Å². The number of aliphatic hydroxyl groups excluding tert-OH is 12. The quantitative estimate of drug-likeness (QED) is 0.0199. The van der Waals surface area contributed by atoms with Gasteiger partial charge in [0.25, 0.3) is 5.91 Å². The van der Waals surface area contributed by atoms with Gasteiger partial charge in [-0.3, -0.25) is 24.0 Å². The number of ketones is 1. The normalized spacial score (nSPS) is 26.7. The number of Topliss-reactive ketones (excluding diaryl/α,β-unsaturated/α-hetero) is 1. The third kappa shape index (κ3) is 35.1. The Bertz CT molecular complexity index is 1920. The molecule has 3 fully saturated rings. The lowest BCUT2D eigenvalue weighted by Crippen LogP contribution is -2.59. The van der Waals surface area contributed by atoms with Crippen LogP contribution >= 0.6 is 0 Å². The fourth-order valence-corrected chi connectivity index (χ4v) is 9.33. The molecule has 3 heterocycles. The summed E-state index contributed by atoms with van der Waals surface area (Å²) in [7, 11) is 0. The molecule has 3 saturated heterocycles. The van der Waals surface area contributed by atoms with Crippen LogP contribution in [0.3, 0.4) is 0 Å². The molecule has 36 nitrogen and oxygen atoms in total. The van der Waals surface area contributed by atoms with Gasteiger partial charge in [-0.1, -0.05) is 6.42 Å². The zero-order valence-corrected chi connectivity index (χ0v) is 53.7. The Hall–Kier alpha value is -3.97. The van der Waals surface area contributed by atoms with Crippen LogP contribution in [-0.4, -0.2) is 368 Å². The van der Waals surface area contributed by atoms with E-state index in [1.165, 1.54) is 0 Å². The summed E-state index contributed by atoms with van der Waals surface area (Å²) in [5.41, 5.74) is -1.17.